The van der Waals surface area contributed by atoms with Gasteiger partial charge in [0.1, 0.15) is 23.0 Å². The monoisotopic (exact) mass is 460 g/mol. The van der Waals surface area contributed by atoms with Crippen molar-refractivity contribution in [2.45, 2.75) is 51.0 Å². The normalized spacial score (nSPS) is 19.9. The molecule has 32 heavy (non-hydrogen) atoms. The largest absolute Gasteiger partial charge is 0.493 e. The quantitative estimate of drug-likeness (QED) is 0.469. The Morgan fingerprint density at radius 3 is 2.59 bits per heavy atom. The summed E-state index contributed by atoms with van der Waals surface area (Å²) in [5, 5.41) is 9.93. The third-order valence-corrected chi connectivity index (χ3v) is 6.42. The number of carboxylic acids is 1. The second-order valence-corrected chi connectivity index (χ2v) is 9.07. The van der Waals surface area contributed by atoms with Gasteiger partial charge in [-0.1, -0.05) is 24.1 Å². The molecule has 0 spiro atoms. The molecule has 1 fully saturated rings. The predicted octanol–water partition coefficient (Wildman–Crippen LogP) is 5.54. The summed E-state index contributed by atoms with van der Waals surface area (Å²) in [5.41, 5.74) is -0.203. The number of ether oxygens (including phenoxy) is 4. The van der Waals surface area contributed by atoms with Gasteiger partial charge in [-0.05, 0) is 55.9 Å². The van der Waals surface area contributed by atoms with Crippen LogP contribution in [-0.4, -0.2) is 36.5 Å². The molecule has 0 saturated heterocycles. The first-order valence-electron chi connectivity index (χ1n) is 11.2. The molecule has 0 radical (unpaired) electrons. The maximum Gasteiger partial charge on any atom is 0.347 e. The van der Waals surface area contributed by atoms with Gasteiger partial charge in [0.15, 0.2) is 0 Å². The number of halogens is 1. The molecule has 1 N–H and O–H groups in total. The van der Waals surface area contributed by atoms with Crippen molar-refractivity contribution >= 4 is 17.6 Å². The summed E-state index contributed by atoms with van der Waals surface area (Å²) >= 11 is 6.32. The van der Waals surface area contributed by atoms with Crippen molar-refractivity contribution in [2.24, 2.45) is 5.92 Å². The highest BCUT2D eigenvalue weighted by Gasteiger charge is 2.39. The van der Waals surface area contributed by atoms with E-state index >= 15 is 0 Å². The number of rotatable bonds is 10. The molecule has 1 saturated carbocycles. The zero-order valence-corrected chi connectivity index (χ0v) is 19.0. The zero-order valence-electron chi connectivity index (χ0n) is 18.3. The Hall–Kier alpha value is -2.60. The molecule has 1 heterocycles. The second-order valence-electron chi connectivity index (χ2n) is 8.66. The summed E-state index contributed by atoms with van der Waals surface area (Å²) in [7, 11) is 0. The van der Waals surface area contributed by atoms with Crippen LogP contribution in [0.25, 0.3) is 0 Å². The van der Waals surface area contributed by atoms with E-state index in [1.807, 2.05) is 24.3 Å². The Morgan fingerprint density at radius 1 is 1.12 bits per heavy atom. The Bertz CT molecular complexity index is 957. The minimum Gasteiger partial charge on any atom is -0.493 e. The average molecular weight is 461 g/mol. The van der Waals surface area contributed by atoms with Gasteiger partial charge in [0.25, 0.3) is 0 Å². The van der Waals surface area contributed by atoms with Crippen LogP contribution in [0.1, 0.15) is 44.6 Å². The number of hydrogen-bond acceptors (Lipinski definition) is 5. The van der Waals surface area contributed by atoms with E-state index in [1.54, 1.807) is 19.1 Å². The van der Waals surface area contributed by atoms with Crippen LogP contribution in [0.15, 0.2) is 36.4 Å². The number of carbonyl (C=O) groups is 1. The topological polar surface area (TPSA) is 74.2 Å². The summed E-state index contributed by atoms with van der Waals surface area (Å²) in [5.74, 6) is 2.32. The van der Waals surface area contributed by atoms with Crippen molar-refractivity contribution in [2.75, 3.05) is 19.8 Å². The molecule has 0 bridgehead atoms. The highest BCUT2D eigenvalue weighted by molar-refractivity contribution is 6.32. The molecule has 0 aromatic heterocycles. The van der Waals surface area contributed by atoms with E-state index < -0.39 is 11.6 Å². The number of benzene rings is 2. The first-order valence-corrected chi connectivity index (χ1v) is 11.5. The molecule has 1 aliphatic heterocycles. The third kappa shape index (κ3) is 5.41. The minimum atomic E-state index is -1.20. The van der Waals surface area contributed by atoms with E-state index in [4.69, 9.17) is 30.5 Å². The molecule has 0 unspecified atom stereocenters. The Labute approximate surface area is 193 Å². The maximum atomic E-state index is 11.5. The van der Waals surface area contributed by atoms with Crippen LogP contribution in [0, 0.1) is 5.92 Å². The molecule has 6 nitrogen and oxygen atoms in total. The molecule has 1 aliphatic carbocycles. The number of aryl methyl sites for hydroxylation is 1. The zero-order chi connectivity index (χ0) is 22.6. The summed E-state index contributed by atoms with van der Waals surface area (Å²) in [6.45, 7) is 3.26. The Kier molecular flexibility index (Phi) is 6.99. The number of fused-ring (bicyclic) bond motifs is 1. The van der Waals surface area contributed by atoms with E-state index in [9.17, 15) is 9.90 Å². The van der Waals surface area contributed by atoms with Gasteiger partial charge in [-0.25, -0.2) is 4.79 Å². The van der Waals surface area contributed by atoms with Gasteiger partial charge in [-0.2, -0.15) is 0 Å². The van der Waals surface area contributed by atoms with Crippen molar-refractivity contribution < 1.29 is 28.8 Å². The fraction of sp³-hybridized carbons (Fsp3) is 0.480. The Morgan fingerprint density at radius 2 is 1.88 bits per heavy atom. The van der Waals surface area contributed by atoms with Gasteiger partial charge in [-0.15, -0.1) is 0 Å². The third-order valence-electron chi connectivity index (χ3n) is 6.13. The van der Waals surface area contributed by atoms with Crippen LogP contribution in [0.3, 0.4) is 0 Å². The van der Waals surface area contributed by atoms with E-state index in [0.717, 1.165) is 17.9 Å². The van der Waals surface area contributed by atoms with Gasteiger partial charge in [-0.3, -0.25) is 0 Å². The fourth-order valence-corrected chi connectivity index (χ4v) is 3.96. The van der Waals surface area contributed by atoms with Crippen molar-refractivity contribution in [3.8, 4) is 23.0 Å². The lowest BCUT2D eigenvalue weighted by molar-refractivity contribution is -0.155. The molecular formula is C25H29ClO6. The van der Waals surface area contributed by atoms with Gasteiger partial charge in [0, 0.05) is 25.0 Å². The average Bonchev–Trinajstić information content (AvgIpc) is 2.73. The summed E-state index contributed by atoms with van der Waals surface area (Å²) in [4.78, 5) is 11.5. The lowest BCUT2D eigenvalue weighted by Gasteiger charge is -2.32. The minimum absolute atomic E-state index is 0.447. The number of carboxylic acid groups (broad SMARTS) is 1. The molecule has 2 aromatic carbocycles. The SMILES string of the molecule is C[C@]1(C(=O)O)CCc2ccc(OCCCOc3ccc(OCC4CCC4)cc3Cl)cc2O1. The van der Waals surface area contributed by atoms with Crippen molar-refractivity contribution in [3.63, 3.8) is 0 Å². The van der Waals surface area contributed by atoms with E-state index in [1.165, 1.54) is 19.3 Å². The predicted molar refractivity (Wildman–Crippen MR) is 121 cm³/mol. The van der Waals surface area contributed by atoms with Crippen molar-refractivity contribution in [3.05, 3.63) is 47.0 Å². The molecule has 7 heteroatoms. The summed E-state index contributed by atoms with van der Waals surface area (Å²) < 4.78 is 23.1. The number of aliphatic carboxylic acids is 1. The molecule has 2 aromatic rings. The molecule has 0 amide bonds. The van der Waals surface area contributed by atoms with Crippen molar-refractivity contribution in [1.29, 1.82) is 0 Å². The van der Waals surface area contributed by atoms with Crippen LogP contribution in [0.4, 0.5) is 0 Å². The van der Waals surface area contributed by atoms with Crippen LogP contribution >= 0.6 is 11.6 Å². The lowest BCUT2D eigenvalue weighted by Crippen LogP contribution is -2.44. The highest BCUT2D eigenvalue weighted by Crippen LogP contribution is 2.36. The summed E-state index contributed by atoms with van der Waals surface area (Å²) in [6, 6.07) is 11.1. The van der Waals surface area contributed by atoms with Gasteiger partial charge < -0.3 is 24.1 Å². The summed E-state index contributed by atoms with van der Waals surface area (Å²) in [6.07, 6.45) is 5.58. The molecule has 172 valence electrons. The highest BCUT2D eigenvalue weighted by atomic mass is 35.5. The fourth-order valence-electron chi connectivity index (χ4n) is 3.74. The maximum absolute atomic E-state index is 11.5. The van der Waals surface area contributed by atoms with Crippen LogP contribution < -0.4 is 18.9 Å². The first-order chi connectivity index (χ1) is 15.4. The van der Waals surface area contributed by atoms with Gasteiger partial charge in [0.05, 0.1) is 24.8 Å². The molecule has 1 atom stereocenters. The van der Waals surface area contributed by atoms with Crippen LogP contribution in [0.5, 0.6) is 23.0 Å². The first kappa shape index (κ1) is 22.6. The van der Waals surface area contributed by atoms with Crippen molar-refractivity contribution in [1.82, 2.24) is 0 Å². The van der Waals surface area contributed by atoms with E-state index in [-0.39, 0.29) is 0 Å². The smallest absolute Gasteiger partial charge is 0.347 e. The Balaban J connectivity index is 1.21. The second kappa shape index (κ2) is 9.90. The van der Waals surface area contributed by atoms with Crippen LogP contribution in [0.2, 0.25) is 5.02 Å². The molecule has 4 rings (SSSR count). The van der Waals surface area contributed by atoms with Gasteiger partial charge in [0.2, 0.25) is 5.60 Å². The number of hydrogen-bond donors (Lipinski definition) is 1. The molecule has 2 aliphatic rings. The molecular weight excluding hydrogens is 432 g/mol. The van der Waals surface area contributed by atoms with Crippen LogP contribution in [-0.2, 0) is 11.2 Å². The standard InChI is InChI=1S/C25H29ClO6/c1-25(24(27)28)11-10-18-6-7-20(15-23(18)32-25)29-12-3-13-30-22-9-8-19(14-21(22)26)31-16-17-4-2-5-17/h6-9,14-15,17H,2-5,10-13,16H2,1H3,(H,27,28)/t25-/m1/s1. The van der Waals surface area contributed by atoms with E-state index in [2.05, 4.69) is 0 Å². The lowest BCUT2D eigenvalue weighted by atomic mass is 9.86. The van der Waals surface area contributed by atoms with Gasteiger partial charge >= 0.3 is 5.97 Å². The van der Waals surface area contributed by atoms with E-state index in [0.29, 0.717) is 60.7 Å².